The van der Waals surface area contributed by atoms with Crippen LogP contribution >= 0.6 is 23.1 Å². The summed E-state index contributed by atoms with van der Waals surface area (Å²) >= 11 is 2.95. The monoisotopic (exact) mass is 575 g/mol. The maximum absolute atomic E-state index is 12.8. The van der Waals surface area contributed by atoms with Crippen molar-refractivity contribution in [2.45, 2.75) is 43.1 Å². The van der Waals surface area contributed by atoms with Crippen LogP contribution in [0.15, 0.2) is 23.2 Å². The van der Waals surface area contributed by atoms with E-state index in [9.17, 15) is 37.4 Å². The number of β-lactam (4-membered cyclic amide) rings is 1. The molecule has 2 aliphatic heterocycles. The van der Waals surface area contributed by atoms with Crippen molar-refractivity contribution in [3.63, 3.8) is 0 Å². The number of rotatable bonds is 6. The van der Waals surface area contributed by atoms with Gasteiger partial charge in [0.05, 0.1) is 22.9 Å². The fourth-order valence-corrected chi connectivity index (χ4v) is 6.61. The molecular formula is C19H21F4N3O7S3. The van der Waals surface area contributed by atoms with Crippen LogP contribution in [0.25, 0.3) is 10.4 Å². The number of halogens is 4. The molecule has 0 unspecified atom stereocenters. The number of aryl methyl sites for hydroxylation is 1. The van der Waals surface area contributed by atoms with Crippen molar-refractivity contribution in [3.8, 4) is 0 Å². The van der Waals surface area contributed by atoms with E-state index < -0.39 is 40.3 Å². The van der Waals surface area contributed by atoms with Crippen molar-refractivity contribution in [3.05, 3.63) is 23.1 Å². The number of carbonyl (C=O) groups is 2. The fourth-order valence-electron chi connectivity index (χ4n) is 4.41. The van der Waals surface area contributed by atoms with Gasteiger partial charge in [0, 0.05) is 11.5 Å². The Morgan fingerprint density at radius 3 is 2.42 bits per heavy atom. The highest BCUT2D eigenvalue weighted by molar-refractivity contribution is 7.98. The average Bonchev–Trinajstić information content (AvgIpc) is 3.34. The second-order valence-electron chi connectivity index (χ2n) is 8.04. The van der Waals surface area contributed by atoms with Gasteiger partial charge in [0.15, 0.2) is 10.1 Å². The van der Waals surface area contributed by atoms with Crippen LogP contribution in [0.1, 0.15) is 18.7 Å². The van der Waals surface area contributed by atoms with Crippen molar-refractivity contribution in [1.29, 1.82) is 0 Å². The molecule has 4 rings (SSSR count). The summed E-state index contributed by atoms with van der Waals surface area (Å²) in [6.07, 6.45) is 4.74. The molecule has 2 N–H and O–H groups in total. The molecule has 0 bridgehead atoms. The van der Waals surface area contributed by atoms with Crippen LogP contribution in [0.4, 0.5) is 17.6 Å². The van der Waals surface area contributed by atoms with Gasteiger partial charge in [0.2, 0.25) is 15.8 Å². The number of aliphatic hydroxyl groups excluding tert-OH is 1. The van der Waals surface area contributed by atoms with Gasteiger partial charge in [0.25, 0.3) is 6.33 Å². The first-order valence-electron chi connectivity index (χ1n) is 10.2. The lowest BCUT2D eigenvalue weighted by atomic mass is 9.77. The van der Waals surface area contributed by atoms with Gasteiger partial charge in [-0.05, 0) is 13.2 Å². The largest absolute Gasteiger partial charge is 0.741 e. The molecule has 4 atom stereocenters. The van der Waals surface area contributed by atoms with E-state index in [2.05, 4.69) is 0 Å². The van der Waals surface area contributed by atoms with Crippen LogP contribution in [0.5, 0.6) is 0 Å². The van der Waals surface area contributed by atoms with Crippen LogP contribution < -0.4 is 4.40 Å². The standard InChI is InChI=1S/C18H20FN3O4S2.CHF3O3S/c1-8-11(14(18(25)26)22-13(8)12(9(2)23)15(22)24)10-6-21-7-20(5-4-19)16(27-3)17(21)28-10;2-1(3,4)8(5,6)7/h6-9,12-13,23H,4-5H2,1-3H3;(H,5,6,7)/t8-,9+,12+,13+;/m0./s1. The van der Waals surface area contributed by atoms with E-state index in [-0.39, 0.29) is 30.1 Å². The predicted molar refractivity (Wildman–Crippen MR) is 119 cm³/mol. The topological polar surface area (TPSA) is 144 Å². The van der Waals surface area contributed by atoms with Crippen molar-refractivity contribution in [1.82, 2.24) is 9.47 Å². The van der Waals surface area contributed by atoms with Gasteiger partial charge >= 0.3 is 11.5 Å². The van der Waals surface area contributed by atoms with Gasteiger partial charge in [-0.15, -0.1) is 0 Å². The highest BCUT2D eigenvalue weighted by atomic mass is 32.2. The second-order valence-corrected chi connectivity index (χ2v) is 11.2. The Bertz CT molecular complexity index is 1330. The molecule has 17 heteroatoms. The Kier molecular flexibility index (Phi) is 7.82. The molecule has 0 aromatic carbocycles. The highest BCUT2D eigenvalue weighted by Crippen LogP contribution is 2.51. The molecule has 0 radical (unpaired) electrons. The maximum Gasteiger partial charge on any atom is 0.485 e. The van der Waals surface area contributed by atoms with E-state index in [1.807, 2.05) is 28.3 Å². The summed E-state index contributed by atoms with van der Waals surface area (Å²) in [4.78, 5) is 27.5. The Morgan fingerprint density at radius 2 is 1.97 bits per heavy atom. The number of imidazole rings is 1. The molecule has 4 heterocycles. The van der Waals surface area contributed by atoms with Crippen LogP contribution in [0, 0.1) is 11.8 Å². The van der Waals surface area contributed by atoms with E-state index in [4.69, 9.17) is 13.0 Å². The van der Waals surface area contributed by atoms with E-state index in [0.717, 1.165) is 14.7 Å². The molecule has 200 valence electrons. The summed E-state index contributed by atoms with van der Waals surface area (Å²) in [5.41, 5.74) is -5.02. The summed E-state index contributed by atoms with van der Waals surface area (Å²) in [5, 5.41) is 20.7. The molecule has 1 saturated heterocycles. The summed E-state index contributed by atoms with van der Waals surface area (Å²) in [6.45, 7) is 3.26. The van der Waals surface area contributed by atoms with Gasteiger partial charge < -0.3 is 19.7 Å². The van der Waals surface area contributed by atoms with Crippen molar-refractivity contribution in [2.75, 3.05) is 12.9 Å². The normalized spacial score (nSPS) is 22.9. The van der Waals surface area contributed by atoms with E-state index in [0.29, 0.717) is 5.57 Å². The number of aliphatic hydroxyl groups is 1. The Balaban J connectivity index is 0.000000392. The van der Waals surface area contributed by atoms with Gasteiger partial charge in [-0.1, -0.05) is 30.0 Å². The molecule has 0 spiro atoms. The lowest BCUT2D eigenvalue weighted by molar-refractivity contribution is -0.508. The number of carbonyl (C=O) groups excluding carboxylic acids is 1. The first-order chi connectivity index (χ1) is 16.6. The van der Waals surface area contributed by atoms with Gasteiger partial charge in [-0.25, -0.2) is 22.2 Å². The SMILES string of the molecule is CSc1c2sc(C3=C(C(=O)O)N4C(=O)[C@H]([C@@H](C)O)[C@H]4[C@H]3C)c[n+]2cn1CCF.O=S(=O)([O-])C(F)(F)F. The number of aliphatic carboxylic acids is 1. The Morgan fingerprint density at radius 1 is 1.39 bits per heavy atom. The molecule has 1 fully saturated rings. The van der Waals surface area contributed by atoms with Crippen LogP contribution in [-0.2, 0) is 26.3 Å². The summed E-state index contributed by atoms with van der Waals surface area (Å²) in [6, 6.07) is -0.341. The number of aromatic nitrogens is 2. The lowest BCUT2D eigenvalue weighted by Gasteiger charge is -2.46. The van der Waals surface area contributed by atoms with Crippen LogP contribution in [0.3, 0.4) is 0 Å². The first kappa shape index (κ1) is 28.4. The van der Waals surface area contributed by atoms with Gasteiger partial charge in [-0.3, -0.25) is 4.79 Å². The Labute approximate surface area is 210 Å². The number of hydrogen-bond donors (Lipinski definition) is 2. The number of amides is 1. The zero-order valence-electron chi connectivity index (χ0n) is 18.9. The quantitative estimate of drug-likeness (QED) is 0.132. The number of nitrogens with zero attached hydrogens (tertiary/aromatic N) is 3. The smallest absolute Gasteiger partial charge is 0.485 e. The second kappa shape index (κ2) is 9.92. The van der Waals surface area contributed by atoms with E-state index in [1.165, 1.54) is 28.0 Å². The summed E-state index contributed by atoms with van der Waals surface area (Å²) < 4.78 is 75.4. The third-order valence-corrected chi connectivity index (χ3v) is 8.50. The number of thioether (sulfide) groups is 1. The number of thiazole rings is 1. The fraction of sp³-hybridized carbons (Fsp3) is 0.526. The Hall–Kier alpha value is -2.21. The minimum Gasteiger partial charge on any atom is -0.741 e. The van der Waals surface area contributed by atoms with Crippen molar-refractivity contribution >= 4 is 55.5 Å². The highest BCUT2D eigenvalue weighted by Gasteiger charge is 2.60. The zero-order valence-corrected chi connectivity index (χ0v) is 21.3. The minimum absolute atomic E-state index is 0.00578. The third-order valence-electron chi connectivity index (χ3n) is 5.85. The number of alkyl halides is 4. The molecular weight excluding hydrogens is 554 g/mol. The molecule has 2 aromatic rings. The third kappa shape index (κ3) is 4.73. The number of fused-ring (bicyclic) bond motifs is 2. The van der Waals surface area contributed by atoms with Crippen molar-refractivity contribution < 1.29 is 54.7 Å². The summed E-state index contributed by atoms with van der Waals surface area (Å²) in [7, 11) is -6.09. The molecule has 2 aliphatic rings. The molecule has 2 aromatic heterocycles. The molecule has 10 nitrogen and oxygen atoms in total. The minimum atomic E-state index is -6.09. The van der Waals surface area contributed by atoms with Crippen LogP contribution in [-0.4, -0.2) is 75.1 Å². The molecule has 0 saturated carbocycles. The number of carboxylic acids is 1. The van der Waals surface area contributed by atoms with E-state index >= 15 is 0 Å². The zero-order chi connectivity index (χ0) is 27.3. The molecule has 1 amide bonds. The van der Waals surface area contributed by atoms with E-state index in [1.54, 1.807) is 13.3 Å². The maximum atomic E-state index is 12.8. The van der Waals surface area contributed by atoms with Crippen molar-refractivity contribution in [2.24, 2.45) is 11.8 Å². The number of hydrogen-bond acceptors (Lipinski definition) is 8. The average molecular weight is 576 g/mol. The molecule has 0 aliphatic carbocycles. The van der Waals surface area contributed by atoms with Gasteiger partial charge in [0.1, 0.15) is 25.1 Å². The first-order valence-corrected chi connectivity index (χ1v) is 13.7. The number of carboxylic acid groups (broad SMARTS) is 1. The van der Waals surface area contributed by atoms with Crippen LogP contribution in [0.2, 0.25) is 0 Å². The summed E-state index contributed by atoms with van der Waals surface area (Å²) in [5.74, 6) is -2.27. The molecule has 36 heavy (non-hydrogen) atoms. The van der Waals surface area contributed by atoms with Gasteiger partial charge in [-0.2, -0.15) is 17.6 Å². The lowest BCUT2D eigenvalue weighted by Crippen LogP contribution is -2.63. The predicted octanol–water partition coefficient (Wildman–Crippen LogP) is 1.68.